The molecule has 0 rings (SSSR count). The van der Waals surface area contributed by atoms with Gasteiger partial charge < -0.3 is 10.2 Å². The molecule has 0 bridgehead atoms. The fourth-order valence-corrected chi connectivity index (χ4v) is 2.89. The van der Waals surface area contributed by atoms with Crippen LogP contribution in [0.3, 0.4) is 0 Å². The van der Waals surface area contributed by atoms with Gasteiger partial charge in [0.1, 0.15) is 0 Å². The molecule has 0 heterocycles. The van der Waals surface area contributed by atoms with E-state index in [1.165, 1.54) is 38.5 Å². The van der Waals surface area contributed by atoms with E-state index in [0.29, 0.717) is 0 Å². The second-order valence-corrected chi connectivity index (χ2v) is 5.80. The minimum atomic E-state index is -0.303. The molecule has 4 atom stereocenters. The van der Waals surface area contributed by atoms with Gasteiger partial charge in [-0.25, -0.2) is 0 Å². The van der Waals surface area contributed by atoms with Crippen LogP contribution in [0.15, 0.2) is 0 Å². The van der Waals surface area contributed by atoms with Gasteiger partial charge >= 0.3 is 0 Å². The third-order valence-corrected chi connectivity index (χ3v) is 4.07. The predicted octanol–water partition coefficient (Wildman–Crippen LogP) is 4.14. The first kappa shape index (κ1) is 17.9. The van der Waals surface area contributed by atoms with Crippen molar-refractivity contribution in [3.05, 3.63) is 0 Å². The van der Waals surface area contributed by atoms with Crippen molar-refractivity contribution in [3.8, 4) is 0 Å². The molecule has 0 saturated heterocycles. The van der Waals surface area contributed by atoms with E-state index in [1.54, 1.807) is 0 Å². The molecule has 2 N–H and O–H groups in total. The number of unbranched alkanes of at least 4 members (excludes halogenated alkanes) is 4. The molecule has 4 unspecified atom stereocenters. The van der Waals surface area contributed by atoms with Gasteiger partial charge in [0, 0.05) is 0 Å². The summed E-state index contributed by atoms with van der Waals surface area (Å²) in [6.07, 6.45) is 8.71. The largest absolute Gasteiger partial charge is 0.393 e. The lowest BCUT2D eigenvalue weighted by Crippen LogP contribution is -2.32. The van der Waals surface area contributed by atoms with Gasteiger partial charge in [0.2, 0.25) is 0 Å². The van der Waals surface area contributed by atoms with Gasteiger partial charge in [-0.05, 0) is 38.5 Å². The first-order valence-corrected chi connectivity index (χ1v) is 7.90. The van der Waals surface area contributed by atoms with Gasteiger partial charge in [-0.2, -0.15) is 0 Å². The van der Waals surface area contributed by atoms with Crippen molar-refractivity contribution >= 4 is 0 Å². The van der Waals surface area contributed by atoms with E-state index in [1.807, 2.05) is 13.8 Å². The second-order valence-electron chi connectivity index (χ2n) is 5.80. The van der Waals surface area contributed by atoms with Crippen LogP contribution in [-0.4, -0.2) is 22.4 Å². The van der Waals surface area contributed by atoms with Gasteiger partial charge in [0.05, 0.1) is 12.2 Å². The Labute approximate surface area is 114 Å². The topological polar surface area (TPSA) is 40.5 Å². The summed E-state index contributed by atoms with van der Waals surface area (Å²) in [6.45, 7) is 8.16. The molecule has 0 spiro atoms. The Morgan fingerprint density at radius 2 is 1.00 bits per heavy atom. The lowest BCUT2D eigenvalue weighted by atomic mass is 9.78. The molecule has 110 valence electrons. The summed E-state index contributed by atoms with van der Waals surface area (Å²) < 4.78 is 0. The normalized spacial score (nSPS) is 18.3. The molecule has 0 fully saturated rings. The van der Waals surface area contributed by atoms with E-state index in [-0.39, 0.29) is 24.0 Å². The number of hydrogen-bond donors (Lipinski definition) is 2. The summed E-state index contributed by atoms with van der Waals surface area (Å²) in [5.74, 6) is 0.516. The van der Waals surface area contributed by atoms with Crippen LogP contribution in [-0.2, 0) is 0 Å². The van der Waals surface area contributed by atoms with E-state index in [4.69, 9.17) is 0 Å². The minimum absolute atomic E-state index is 0.258. The van der Waals surface area contributed by atoms with Crippen molar-refractivity contribution < 1.29 is 10.2 Å². The zero-order chi connectivity index (χ0) is 14.0. The van der Waals surface area contributed by atoms with Gasteiger partial charge in [0.15, 0.2) is 0 Å². The van der Waals surface area contributed by atoms with Crippen molar-refractivity contribution in [2.24, 2.45) is 11.8 Å². The van der Waals surface area contributed by atoms with Crippen LogP contribution >= 0.6 is 0 Å². The second kappa shape index (κ2) is 10.8. The monoisotopic (exact) mass is 258 g/mol. The first-order chi connectivity index (χ1) is 8.54. The van der Waals surface area contributed by atoms with Crippen LogP contribution in [0.1, 0.15) is 79.1 Å². The van der Waals surface area contributed by atoms with Gasteiger partial charge in [-0.1, -0.05) is 52.4 Å². The molecule has 0 radical (unpaired) electrons. The quantitative estimate of drug-likeness (QED) is 0.547. The van der Waals surface area contributed by atoms with Crippen molar-refractivity contribution in [2.75, 3.05) is 0 Å². The zero-order valence-electron chi connectivity index (χ0n) is 12.9. The highest BCUT2D eigenvalue weighted by atomic mass is 16.3. The summed E-state index contributed by atoms with van der Waals surface area (Å²) in [5.41, 5.74) is 0. The van der Waals surface area contributed by atoms with E-state index >= 15 is 0 Å². The Hall–Kier alpha value is -0.0800. The molecule has 2 nitrogen and oxygen atoms in total. The van der Waals surface area contributed by atoms with Crippen molar-refractivity contribution in [1.82, 2.24) is 0 Å². The molecule has 0 aromatic rings. The van der Waals surface area contributed by atoms with Crippen LogP contribution in [0.5, 0.6) is 0 Å². The number of aliphatic hydroxyl groups excluding tert-OH is 2. The zero-order valence-corrected chi connectivity index (χ0v) is 12.9. The molecule has 18 heavy (non-hydrogen) atoms. The van der Waals surface area contributed by atoms with E-state index in [2.05, 4.69) is 13.8 Å². The third-order valence-electron chi connectivity index (χ3n) is 4.07. The fraction of sp³-hybridized carbons (Fsp3) is 1.00. The number of rotatable bonds is 11. The summed E-state index contributed by atoms with van der Waals surface area (Å²) in [7, 11) is 0. The SMILES string of the molecule is CCCCCC(C(C)O)C(CCCCC)C(C)O. The van der Waals surface area contributed by atoms with Crippen LogP contribution in [0, 0.1) is 11.8 Å². The van der Waals surface area contributed by atoms with Gasteiger partial charge in [-0.15, -0.1) is 0 Å². The van der Waals surface area contributed by atoms with Crippen molar-refractivity contribution in [2.45, 2.75) is 91.3 Å². The minimum Gasteiger partial charge on any atom is -0.393 e. The summed E-state index contributed by atoms with van der Waals surface area (Å²) in [6, 6.07) is 0. The standard InChI is InChI=1S/C16H34O2/c1-5-7-9-11-15(13(3)17)16(14(4)18)12-10-8-6-2/h13-18H,5-12H2,1-4H3. The molecule has 0 saturated carbocycles. The fourth-order valence-electron chi connectivity index (χ4n) is 2.89. The molecule has 2 heteroatoms. The Morgan fingerprint density at radius 3 is 1.22 bits per heavy atom. The molecule has 0 amide bonds. The van der Waals surface area contributed by atoms with Crippen LogP contribution in [0.4, 0.5) is 0 Å². The lowest BCUT2D eigenvalue weighted by molar-refractivity contribution is 0.0122. The smallest absolute Gasteiger partial charge is 0.0543 e. The highest BCUT2D eigenvalue weighted by Crippen LogP contribution is 2.30. The lowest BCUT2D eigenvalue weighted by Gasteiger charge is -2.32. The van der Waals surface area contributed by atoms with Crippen LogP contribution in [0.25, 0.3) is 0 Å². The molecule has 0 aromatic heterocycles. The molecular formula is C16H34O2. The Balaban J connectivity index is 4.36. The van der Waals surface area contributed by atoms with Gasteiger partial charge in [0.25, 0.3) is 0 Å². The number of hydrogen-bond acceptors (Lipinski definition) is 2. The Bertz CT molecular complexity index is 158. The van der Waals surface area contributed by atoms with E-state index < -0.39 is 0 Å². The average molecular weight is 258 g/mol. The van der Waals surface area contributed by atoms with Crippen molar-refractivity contribution in [1.29, 1.82) is 0 Å². The highest BCUT2D eigenvalue weighted by Gasteiger charge is 2.28. The van der Waals surface area contributed by atoms with Crippen molar-refractivity contribution in [3.63, 3.8) is 0 Å². The van der Waals surface area contributed by atoms with E-state index in [0.717, 1.165) is 12.8 Å². The van der Waals surface area contributed by atoms with Crippen LogP contribution in [0.2, 0.25) is 0 Å². The first-order valence-electron chi connectivity index (χ1n) is 7.90. The maximum atomic E-state index is 9.98. The molecular weight excluding hydrogens is 224 g/mol. The molecule has 0 aliphatic rings. The average Bonchev–Trinajstić information content (AvgIpc) is 2.31. The predicted molar refractivity (Wildman–Crippen MR) is 78.6 cm³/mol. The summed E-state index contributed by atoms with van der Waals surface area (Å²) in [5, 5.41) is 20.0. The summed E-state index contributed by atoms with van der Waals surface area (Å²) in [4.78, 5) is 0. The molecule has 0 aliphatic carbocycles. The van der Waals surface area contributed by atoms with E-state index in [9.17, 15) is 10.2 Å². The molecule has 0 aromatic carbocycles. The maximum Gasteiger partial charge on any atom is 0.0543 e. The maximum absolute atomic E-state index is 9.98. The third kappa shape index (κ3) is 7.38. The highest BCUT2D eigenvalue weighted by molar-refractivity contribution is 4.78. The van der Waals surface area contributed by atoms with Crippen LogP contribution < -0.4 is 0 Å². The Kier molecular flexibility index (Phi) is 10.8. The van der Waals surface area contributed by atoms with Gasteiger partial charge in [-0.3, -0.25) is 0 Å². The summed E-state index contributed by atoms with van der Waals surface area (Å²) >= 11 is 0. The number of aliphatic hydroxyl groups is 2. The Morgan fingerprint density at radius 1 is 0.667 bits per heavy atom. The molecule has 0 aliphatic heterocycles.